The normalized spacial score (nSPS) is 16.7. The number of likely N-dealkylation sites (N-methyl/N-ethyl adjacent to an activating group) is 1. The highest BCUT2D eigenvalue weighted by Gasteiger charge is 2.28. The van der Waals surface area contributed by atoms with Crippen LogP contribution in [0, 0.1) is 5.82 Å². The van der Waals surface area contributed by atoms with Gasteiger partial charge in [-0.15, -0.1) is 0 Å². The average molecular weight is 306 g/mol. The SMILES string of the molecule is CCNC(=NCc1ccccc1F)NCC(C)N(C)C1CC1. The Morgan fingerprint density at radius 3 is 2.73 bits per heavy atom. The minimum absolute atomic E-state index is 0.205. The molecule has 1 aromatic rings. The van der Waals surface area contributed by atoms with Crippen molar-refractivity contribution in [2.45, 2.75) is 45.3 Å². The molecule has 2 N–H and O–H groups in total. The first-order chi connectivity index (χ1) is 10.6. The summed E-state index contributed by atoms with van der Waals surface area (Å²) in [5, 5.41) is 6.56. The Balaban J connectivity index is 1.88. The molecule has 22 heavy (non-hydrogen) atoms. The molecule has 1 unspecified atom stereocenters. The molecular formula is C17H27FN4. The van der Waals surface area contributed by atoms with Crippen LogP contribution in [0.1, 0.15) is 32.3 Å². The van der Waals surface area contributed by atoms with Crippen LogP contribution in [0.25, 0.3) is 0 Å². The number of hydrogen-bond donors (Lipinski definition) is 2. The van der Waals surface area contributed by atoms with Gasteiger partial charge in [-0.3, -0.25) is 4.90 Å². The maximum absolute atomic E-state index is 13.6. The molecule has 4 nitrogen and oxygen atoms in total. The van der Waals surface area contributed by atoms with Crippen LogP contribution in [0.15, 0.2) is 29.3 Å². The van der Waals surface area contributed by atoms with Crippen LogP contribution < -0.4 is 10.6 Å². The number of aliphatic imine (C=N–C) groups is 1. The summed E-state index contributed by atoms with van der Waals surface area (Å²) in [6, 6.07) is 7.96. The molecule has 122 valence electrons. The lowest BCUT2D eigenvalue weighted by Crippen LogP contribution is -2.45. The van der Waals surface area contributed by atoms with E-state index in [9.17, 15) is 4.39 Å². The molecule has 1 aromatic carbocycles. The van der Waals surface area contributed by atoms with Crippen molar-refractivity contribution in [3.63, 3.8) is 0 Å². The Hall–Kier alpha value is -1.62. The van der Waals surface area contributed by atoms with Crippen molar-refractivity contribution in [1.82, 2.24) is 15.5 Å². The number of hydrogen-bond acceptors (Lipinski definition) is 2. The lowest BCUT2D eigenvalue weighted by Gasteiger charge is -2.25. The maximum Gasteiger partial charge on any atom is 0.191 e. The molecule has 1 fully saturated rings. The second kappa shape index (κ2) is 8.13. The molecule has 0 heterocycles. The van der Waals surface area contributed by atoms with Crippen molar-refractivity contribution in [2.24, 2.45) is 4.99 Å². The molecule has 0 aromatic heterocycles. The maximum atomic E-state index is 13.6. The summed E-state index contributed by atoms with van der Waals surface area (Å²) in [7, 11) is 2.17. The zero-order valence-electron chi connectivity index (χ0n) is 13.8. The van der Waals surface area contributed by atoms with Crippen LogP contribution in [-0.2, 0) is 6.54 Å². The van der Waals surface area contributed by atoms with Gasteiger partial charge < -0.3 is 10.6 Å². The Morgan fingerprint density at radius 1 is 1.36 bits per heavy atom. The highest BCUT2D eigenvalue weighted by Crippen LogP contribution is 2.26. The third-order valence-corrected chi connectivity index (χ3v) is 4.09. The lowest BCUT2D eigenvalue weighted by molar-refractivity contribution is 0.247. The molecule has 0 amide bonds. The van der Waals surface area contributed by atoms with Gasteiger partial charge in [0.05, 0.1) is 6.54 Å². The molecule has 0 spiro atoms. The van der Waals surface area contributed by atoms with Crippen molar-refractivity contribution in [2.75, 3.05) is 20.1 Å². The fourth-order valence-corrected chi connectivity index (χ4v) is 2.36. The monoisotopic (exact) mass is 306 g/mol. The van der Waals surface area contributed by atoms with Gasteiger partial charge in [0, 0.05) is 30.7 Å². The summed E-state index contributed by atoms with van der Waals surface area (Å²) in [5.41, 5.74) is 0.614. The van der Waals surface area contributed by atoms with Crippen molar-refractivity contribution >= 4 is 5.96 Å². The van der Waals surface area contributed by atoms with Crippen LogP contribution in [-0.4, -0.2) is 43.1 Å². The smallest absolute Gasteiger partial charge is 0.191 e. The minimum atomic E-state index is -0.205. The Bertz CT molecular complexity index is 499. The number of nitrogens with zero attached hydrogens (tertiary/aromatic N) is 2. The molecule has 2 rings (SSSR count). The first-order valence-corrected chi connectivity index (χ1v) is 8.09. The fraction of sp³-hybridized carbons (Fsp3) is 0.588. The summed E-state index contributed by atoms with van der Waals surface area (Å²) in [6.45, 7) is 6.20. The van der Waals surface area contributed by atoms with Crippen molar-refractivity contribution < 1.29 is 4.39 Å². The van der Waals surface area contributed by atoms with Crippen molar-refractivity contribution in [3.8, 4) is 0 Å². The summed E-state index contributed by atoms with van der Waals surface area (Å²) < 4.78 is 13.6. The number of rotatable bonds is 7. The Morgan fingerprint density at radius 2 is 2.09 bits per heavy atom. The van der Waals surface area contributed by atoms with E-state index in [2.05, 4.69) is 34.5 Å². The zero-order valence-corrected chi connectivity index (χ0v) is 13.8. The first-order valence-electron chi connectivity index (χ1n) is 8.09. The standard InChI is InChI=1S/C17H27FN4/c1-4-19-17(20-11-13(2)22(3)15-9-10-15)21-12-14-7-5-6-8-16(14)18/h5-8,13,15H,4,9-12H2,1-3H3,(H2,19,20,21). The zero-order chi connectivity index (χ0) is 15.9. The van der Waals surface area contributed by atoms with E-state index in [1.165, 1.54) is 18.9 Å². The van der Waals surface area contributed by atoms with E-state index < -0.39 is 0 Å². The van der Waals surface area contributed by atoms with Gasteiger partial charge in [-0.1, -0.05) is 18.2 Å². The molecule has 1 saturated carbocycles. The molecule has 1 aliphatic rings. The van der Waals surface area contributed by atoms with E-state index in [4.69, 9.17) is 0 Å². The van der Waals surface area contributed by atoms with Crippen LogP contribution in [0.4, 0.5) is 4.39 Å². The van der Waals surface area contributed by atoms with Crippen LogP contribution in [0.2, 0.25) is 0 Å². The number of guanidine groups is 1. The summed E-state index contributed by atoms with van der Waals surface area (Å²) in [4.78, 5) is 6.88. The summed E-state index contributed by atoms with van der Waals surface area (Å²) in [6.07, 6.45) is 2.62. The first kappa shape index (κ1) is 16.7. The number of halogens is 1. The predicted octanol–water partition coefficient (Wildman–Crippen LogP) is 2.36. The van der Waals surface area contributed by atoms with E-state index in [0.29, 0.717) is 18.2 Å². The molecule has 0 bridgehead atoms. The van der Waals surface area contributed by atoms with Gasteiger partial charge in [0.2, 0.25) is 0 Å². The third-order valence-electron chi connectivity index (χ3n) is 4.09. The molecule has 0 aliphatic heterocycles. The number of benzene rings is 1. The minimum Gasteiger partial charge on any atom is -0.357 e. The van der Waals surface area contributed by atoms with Crippen molar-refractivity contribution in [3.05, 3.63) is 35.6 Å². The van der Waals surface area contributed by atoms with Gasteiger partial charge in [-0.25, -0.2) is 9.38 Å². The second-order valence-electron chi connectivity index (χ2n) is 5.91. The lowest BCUT2D eigenvalue weighted by atomic mass is 10.2. The highest BCUT2D eigenvalue weighted by molar-refractivity contribution is 5.79. The quantitative estimate of drug-likeness (QED) is 0.600. The van der Waals surface area contributed by atoms with E-state index in [1.54, 1.807) is 12.1 Å². The molecule has 5 heteroatoms. The summed E-state index contributed by atoms with van der Waals surface area (Å²) >= 11 is 0. The highest BCUT2D eigenvalue weighted by atomic mass is 19.1. The van der Waals surface area contributed by atoms with E-state index in [0.717, 1.165) is 25.1 Å². The van der Waals surface area contributed by atoms with Crippen molar-refractivity contribution in [1.29, 1.82) is 0 Å². The van der Waals surface area contributed by atoms with Gasteiger partial charge in [0.1, 0.15) is 5.82 Å². The van der Waals surface area contributed by atoms with Gasteiger partial charge in [0.25, 0.3) is 0 Å². The van der Waals surface area contributed by atoms with E-state index in [1.807, 2.05) is 13.0 Å². The van der Waals surface area contributed by atoms with Crippen LogP contribution in [0.5, 0.6) is 0 Å². The molecule has 1 aliphatic carbocycles. The molecule has 0 radical (unpaired) electrons. The van der Waals surface area contributed by atoms with Crippen LogP contribution >= 0.6 is 0 Å². The Labute approximate surface area is 132 Å². The average Bonchev–Trinajstić information content (AvgIpc) is 3.35. The fourth-order valence-electron chi connectivity index (χ4n) is 2.36. The predicted molar refractivity (Wildman–Crippen MR) is 89.5 cm³/mol. The third kappa shape index (κ3) is 4.98. The van der Waals surface area contributed by atoms with Gasteiger partial charge in [-0.2, -0.15) is 0 Å². The molecule has 0 saturated heterocycles. The van der Waals surface area contributed by atoms with Gasteiger partial charge in [0.15, 0.2) is 5.96 Å². The number of nitrogens with one attached hydrogen (secondary N) is 2. The van der Waals surface area contributed by atoms with E-state index in [-0.39, 0.29) is 5.82 Å². The molecule has 1 atom stereocenters. The second-order valence-corrected chi connectivity index (χ2v) is 5.91. The molecular weight excluding hydrogens is 279 g/mol. The topological polar surface area (TPSA) is 39.7 Å². The summed E-state index contributed by atoms with van der Waals surface area (Å²) in [5.74, 6) is 0.533. The van der Waals surface area contributed by atoms with Gasteiger partial charge in [-0.05, 0) is 39.8 Å². The Kier molecular flexibility index (Phi) is 6.19. The van der Waals surface area contributed by atoms with E-state index >= 15 is 0 Å². The largest absolute Gasteiger partial charge is 0.357 e. The van der Waals surface area contributed by atoms with Gasteiger partial charge >= 0.3 is 0 Å². The van der Waals surface area contributed by atoms with Crippen LogP contribution in [0.3, 0.4) is 0 Å².